The minimum atomic E-state index is -4.43. The van der Waals surface area contributed by atoms with Gasteiger partial charge in [-0.25, -0.2) is 0 Å². The fourth-order valence-corrected chi connectivity index (χ4v) is 3.93. The monoisotopic (exact) mass is 426 g/mol. The Hall–Kier alpha value is -3.29. The number of halogens is 3. The predicted molar refractivity (Wildman–Crippen MR) is 109 cm³/mol. The minimum absolute atomic E-state index is 0.00205. The third kappa shape index (κ3) is 4.90. The number of hydrogen-bond acceptors (Lipinski definition) is 4. The number of hydrogen-bond donors (Lipinski definition) is 0. The Balaban J connectivity index is 1.57. The number of aromatic nitrogens is 3. The molecule has 1 amide bonds. The summed E-state index contributed by atoms with van der Waals surface area (Å²) in [4.78, 5) is 27.4. The van der Waals surface area contributed by atoms with Gasteiger partial charge in [0.1, 0.15) is 0 Å². The lowest BCUT2D eigenvalue weighted by Gasteiger charge is -2.33. The molecule has 2 aromatic heterocycles. The van der Waals surface area contributed by atoms with Crippen LogP contribution in [-0.2, 0) is 17.4 Å². The van der Waals surface area contributed by atoms with Crippen molar-refractivity contribution < 1.29 is 18.0 Å². The van der Waals surface area contributed by atoms with Gasteiger partial charge < -0.3 is 4.90 Å². The van der Waals surface area contributed by atoms with Crippen molar-refractivity contribution in [3.05, 3.63) is 78.0 Å². The molecule has 8 heteroatoms. The molecule has 0 N–H and O–H groups in total. The van der Waals surface area contributed by atoms with E-state index in [4.69, 9.17) is 0 Å². The number of amides is 1. The molecule has 1 saturated heterocycles. The van der Waals surface area contributed by atoms with E-state index < -0.39 is 11.7 Å². The van der Waals surface area contributed by atoms with Gasteiger partial charge in [0.2, 0.25) is 5.91 Å². The zero-order valence-corrected chi connectivity index (χ0v) is 16.7. The van der Waals surface area contributed by atoms with Crippen LogP contribution < -0.4 is 0 Å². The maximum Gasteiger partial charge on any atom is 0.416 e. The summed E-state index contributed by atoms with van der Waals surface area (Å²) in [6.45, 7) is 1.11. The van der Waals surface area contributed by atoms with E-state index in [1.54, 1.807) is 35.6 Å². The van der Waals surface area contributed by atoms with Gasteiger partial charge in [-0.15, -0.1) is 0 Å². The van der Waals surface area contributed by atoms with Crippen molar-refractivity contribution in [3.63, 3.8) is 0 Å². The molecule has 0 radical (unpaired) electrons. The molecule has 1 atom stereocenters. The van der Waals surface area contributed by atoms with Gasteiger partial charge in [0.15, 0.2) is 0 Å². The Labute approximate surface area is 178 Å². The van der Waals surface area contributed by atoms with Crippen LogP contribution in [0.4, 0.5) is 13.2 Å². The first-order valence-corrected chi connectivity index (χ1v) is 10.1. The number of alkyl halides is 3. The average molecular weight is 426 g/mol. The molecule has 3 heterocycles. The SMILES string of the molecule is O=C(Cc1cccnc1)N1CCCC(c2nccnc2-c2cccc(C(F)(F)F)c2)C1. The van der Waals surface area contributed by atoms with Gasteiger partial charge in [0.25, 0.3) is 0 Å². The topological polar surface area (TPSA) is 59.0 Å². The number of benzene rings is 1. The van der Waals surface area contributed by atoms with Gasteiger partial charge in [-0.1, -0.05) is 18.2 Å². The van der Waals surface area contributed by atoms with Crippen LogP contribution in [0.15, 0.2) is 61.2 Å². The summed E-state index contributed by atoms with van der Waals surface area (Å²) in [5.41, 5.74) is 1.55. The van der Waals surface area contributed by atoms with Gasteiger partial charge >= 0.3 is 6.18 Å². The molecule has 0 saturated carbocycles. The second-order valence-electron chi connectivity index (χ2n) is 7.59. The highest BCUT2D eigenvalue weighted by Crippen LogP contribution is 2.35. The highest BCUT2D eigenvalue weighted by Gasteiger charge is 2.32. The third-order valence-electron chi connectivity index (χ3n) is 5.43. The summed E-state index contributed by atoms with van der Waals surface area (Å²) in [5, 5.41) is 0. The first kappa shape index (κ1) is 21.0. The molecule has 1 aliphatic rings. The number of pyridine rings is 1. The summed E-state index contributed by atoms with van der Waals surface area (Å²) in [6.07, 6.45) is 3.78. The highest BCUT2D eigenvalue weighted by molar-refractivity contribution is 5.79. The predicted octanol–water partition coefficient (Wildman–Crippen LogP) is 4.51. The first-order valence-electron chi connectivity index (χ1n) is 10.1. The van der Waals surface area contributed by atoms with E-state index in [1.165, 1.54) is 12.3 Å². The van der Waals surface area contributed by atoms with E-state index in [0.717, 1.165) is 30.5 Å². The van der Waals surface area contributed by atoms with Crippen molar-refractivity contribution in [2.45, 2.75) is 31.4 Å². The van der Waals surface area contributed by atoms with Crippen LogP contribution in [0, 0.1) is 0 Å². The van der Waals surface area contributed by atoms with Crippen molar-refractivity contribution in [1.82, 2.24) is 19.9 Å². The molecule has 1 fully saturated rings. The molecular weight excluding hydrogens is 405 g/mol. The number of nitrogens with zero attached hydrogens (tertiary/aromatic N) is 4. The van der Waals surface area contributed by atoms with Crippen molar-refractivity contribution in [2.75, 3.05) is 13.1 Å². The number of piperidine rings is 1. The zero-order chi connectivity index (χ0) is 21.8. The highest BCUT2D eigenvalue weighted by atomic mass is 19.4. The fourth-order valence-electron chi connectivity index (χ4n) is 3.93. The van der Waals surface area contributed by atoms with E-state index in [9.17, 15) is 18.0 Å². The lowest BCUT2D eigenvalue weighted by Crippen LogP contribution is -2.40. The Bertz CT molecular complexity index is 1060. The maximum absolute atomic E-state index is 13.2. The Morgan fingerprint density at radius 3 is 2.71 bits per heavy atom. The Morgan fingerprint density at radius 1 is 1.10 bits per heavy atom. The smallest absolute Gasteiger partial charge is 0.342 e. The average Bonchev–Trinajstić information content (AvgIpc) is 2.79. The van der Waals surface area contributed by atoms with Crippen LogP contribution in [0.3, 0.4) is 0 Å². The summed E-state index contributed by atoms with van der Waals surface area (Å²) < 4.78 is 39.5. The summed E-state index contributed by atoms with van der Waals surface area (Å²) in [7, 11) is 0. The summed E-state index contributed by atoms with van der Waals surface area (Å²) in [5.74, 6) is -0.0907. The molecule has 0 aliphatic carbocycles. The summed E-state index contributed by atoms with van der Waals surface area (Å²) in [6, 6.07) is 8.78. The molecular formula is C23H21F3N4O. The molecule has 1 aromatic carbocycles. The lowest BCUT2D eigenvalue weighted by molar-refractivity contribution is -0.137. The van der Waals surface area contributed by atoms with Gasteiger partial charge in [-0.3, -0.25) is 19.7 Å². The second kappa shape index (κ2) is 8.83. The van der Waals surface area contributed by atoms with Gasteiger partial charge in [-0.05, 0) is 36.6 Å². The molecule has 31 heavy (non-hydrogen) atoms. The number of carbonyl (C=O) groups is 1. The van der Waals surface area contributed by atoms with Crippen molar-refractivity contribution in [3.8, 4) is 11.3 Å². The standard InChI is InChI=1S/C23H21F3N4O/c24-23(25,26)19-7-1-5-17(13-19)21-22(29-10-9-28-21)18-6-3-11-30(15-18)20(31)12-16-4-2-8-27-14-16/h1-2,4-5,7-10,13-14,18H,3,6,11-12,15H2. The second-order valence-corrected chi connectivity index (χ2v) is 7.59. The van der Waals surface area contributed by atoms with Crippen LogP contribution in [0.5, 0.6) is 0 Å². The van der Waals surface area contributed by atoms with Crippen LogP contribution in [0.25, 0.3) is 11.3 Å². The fraction of sp³-hybridized carbons (Fsp3) is 0.304. The van der Waals surface area contributed by atoms with Gasteiger partial charge in [-0.2, -0.15) is 13.2 Å². The number of carbonyl (C=O) groups excluding carboxylic acids is 1. The van der Waals surface area contributed by atoms with Crippen molar-refractivity contribution >= 4 is 5.91 Å². The molecule has 5 nitrogen and oxygen atoms in total. The number of likely N-dealkylation sites (tertiary alicyclic amines) is 1. The molecule has 1 unspecified atom stereocenters. The van der Waals surface area contributed by atoms with Crippen molar-refractivity contribution in [2.24, 2.45) is 0 Å². The molecule has 4 rings (SSSR count). The van der Waals surface area contributed by atoms with E-state index in [0.29, 0.717) is 30.0 Å². The third-order valence-corrected chi connectivity index (χ3v) is 5.43. The van der Waals surface area contributed by atoms with E-state index in [2.05, 4.69) is 15.0 Å². The molecule has 0 bridgehead atoms. The Kier molecular flexibility index (Phi) is 5.97. The quantitative estimate of drug-likeness (QED) is 0.616. The largest absolute Gasteiger partial charge is 0.416 e. The summed E-state index contributed by atoms with van der Waals surface area (Å²) >= 11 is 0. The lowest BCUT2D eigenvalue weighted by atomic mass is 9.91. The van der Waals surface area contributed by atoms with Gasteiger partial charge in [0, 0.05) is 49.4 Å². The molecule has 1 aliphatic heterocycles. The maximum atomic E-state index is 13.2. The van der Waals surface area contributed by atoms with Gasteiger partial charge in [0.05, 0.1) is 23.4 Å². The van der Waals surface area contributed by atoms with Crippen LogP contribution in [-0.4, -0.2) is 38.8 Å². The van der Waals surface area contributed by atoms with Crippen LogP contribution in [0.2, 0.25) is 0 Å². The van der Waals surface area contributed by atoms with Crippen LogP contribution in [0.1, 0.15) is 35.6 Å². The van der Waals surface area contributed by atoms with E-state index in [-0.39, 0.29) is 18.2 Å². The van der Waals surface area contributed by atoms with E-state index >= 15 is 0 Å². The molecule has 0 spiro atoms. The van der Waals surface area contributed by atoms with Crippen molar-refractivity contribution in [1.29, 1.82) is 0 Å². The normalized spacial score (nSPS) is 16.9. The van der Waals surface area contributed by atoms with Crippen LogP contribution >= 0.6 is 0 Å². The minimum Gasteiger partial charge on any atom is -0.342 e. The zero-order valence-electron chi connectivity index (χ0n) is 16.7. The first-order chi connectivity index (χ1) is 14.9. The molecule has 3 aromatic rings. The molecule has 160 valence electrons. The number of rotatable bonds is 4. The Morgan fingerprint density at radius 2 is 1.94 bits per heavy atom. The van der Waals surface area contributed by atoms with E-state index in [1.807, 2.05) is 6.07 Å².